The van der Waals surface area contributed by atoms with Crippen LogP contribution >= 0.6 is 51.1 Å². The number of nitrogens with one attached hydrogen (secondary N) is 2. The Hall–Kier alpha value is -1.54. The fourth-order valence-corrected chi connectivity index (χ4v) is 4.28. The van der Waals surface area contributed by atoms with Gasteiger partial charge in [-0.15, -0.1) is 0 Å². The van der Waals surface area contributed by atoms with Gasteiger partial charge in [-0.2, -0.15) is 0 Å². The molecular weight excluding hydrogens is 466 g/mol. The highest BCUT2D eigenvalue weighted by atomic mass is 79.9. The summed E-state index contributed by atoms with van der Waals surface area (Å²) in [5.41, 5.74) is 2.56. The molecule has 2 N–H and O–H groups in total. The van der Waals surface area contributed by atoms with Crippen molar-refractivity contribution < 1.29 is 4.79 Å². The summed E-state index contributed by atoms with van der Waals surface area (Å²) >= 11 is 16.2. The highest BCUT2D eigenvalue weighted by Crippen LogP contribution is 2.27. The number of amides is 1. The first-order valence-electron chi connectivity index (χ1n) is 8.43. The number of hydrogen-bond acceptors (Lipinski definition) is 4. The number of unbranched alkanes of at least 4 members (excludes halogenated alkanes) is 1. The number of thiocarbonyl (C=S) groups is 1. The van der Waals surface area contributed by atoms with E-state index in [4.69, 9.17) is 23.8 Å². The van der Waals surface area contributed by atoms with Crippen LogP contribution in [-0.4, -0.2) is 16.0 Å². The van der Waals surface area contributed by atoms with Crippen molar-refractivity contribution in [3.05, 3.63) is 57.0 Å². The average molecular weight is 483 g/mol. The minimum atomic E-state index is -0.373. The summed E-state index contributed by atoms with van der Waals surface area (Å²) in [6.07, 6.45) is 3.40. The minimum absolute atomic E-state index is 0.182. The van der Waals surface area contributed by atoms with E-state index in [1.165, 1.54) is 29.7 Å². The van der Waals surface area contributed by atoms with Gasteiger partial charge in [0.1, 0.15) is 0 Å². The molecule has 0 bridgehead atoms. The highest BCUT2D eigenvalue weighted by molar-refractivity contribution is 9.10. The monoisotopic (exact) mass is 481 g/mol. The molecule has 1 aromatic heterocycles. The van der Waals surface area contributed by atoms with E-state index in [2.05, 4.69) is 50.6 Å². The second-order valence-electron chi connectivity index (χ2n) is 5.96. The van der Waals surface area contributed by atoms with E-state index < -0.39 is 0 Å². The topological polar surface area (TPSA) is 54.0 Å². The quantitative estimate of drug-likeness (QED) is 0.426. The number of nitrogens with zero attached hydrogens (tertiary/aromatic N) is 1. The van der Waals surface area contributed by atoms with Gasteiger partial charge in [0, 0.05) is 4.47 Å². The van der Waals surface area contributed by atoms with Crippen LogP contribution in [0.25, 0.3) is 10.2 Å². The molecule has 3 rings (SSSR count). The lowest BCUT2D eigenvalue weighted by molar-refractivity contribution is 0.0978. The Balaban J connectivity index is 1.68. The first-order valence-corrected chi connectivity index (χ1v) is 10.8. The molecule has 0 atom stereocenters. The zero-order chi connectivity index (χ0) is 19.4. The molecule has 2 aromatic carbocycles. The van der Waals surface area contributed by atoms with Crippen molar-refractivity contribution in [1.82, 2.24) is 10.3 Å². The average Bonchev–Trinajstić information content (AvgIpc) is 3.02. The van der Waals surface area contributed by atoms with Crippen LogP contribution in [0.3, 0.4) is 0 Å². The second kappa shape index (κ2) is 9.10. The number of anilines is 1. The molecule has 0 saturated heterocycles. The van der Waals surface area contributed by atoms with Gasteiger partial charge in [-0.05, 0) is 61.0 Å². The molecule has 140 valence electrons. The minimum Gasteiger partial charge on any atom is -0.308 e. The van der Waals surface area contributed by atoms with E-state index in [1.807, 2.05) is 6.07 Å². The SMILES string of the molecule is CCCCc1ccc2nc(NC(=S)NC(=O)c3cc(Br)ccc3Cl)sc2c1. The van der Waals surface area contributed by atoms with Gasteiger partial charge in [0.15, 0.2) is 10.2 Å². The first kappa shape index (κ1) is 20.2. The maximum absolute atomic E-state index is 12.4. The number of thiazole rings is 1. The summed E-state index contributed by atoms with van der Waals surface area (Å²) in [5, 5.41) is 6.80. The smallest absolute Gasteiger partial charge is 0.258 e. The standard InChI is InChI=1S/C19H17BrClN3OS2/c1-2-3-4-11-5-8-15-16(9-11)27-19(22-15)24-18(26)23-17(25)13-10-12(20)6-7-14(13)21/h5-10H,2-4H2,1H3,(H2,22,23,24,25,26). The zero-order valence-corrected chi connectivity index (χ0v) is 18.5. The lowest BCUT2D eigenvalue weighted by Crippen LogP contribution is -2.34. The summed E-state index contributed by atoms with van der Waals surface area (Å²) < 4.78 is 1.86. The van der Waals surface area contributed by atoms with Gasteiger partial charge in [-0.1, -0.05) is 58.3 Å². The van der Waals surface area contributed by atoms with Gasteiger partial charge in [0.25, 0.3) is 5.91 Å². The predicted molar refractivity (Wildman–Crippen MR) is 121 cm³/mol. The molecule has 0 unspecified atom stereocenters. The maximum Gasteiger partial charge on any atom is 0.258 e. The van der Waals surface area contributed by atoms with E-state index in [0.29, 0.717) is 15.7 Å². The van der Waals surface area contributed by atoms with Gasteiger partial charge < -0.3 is 5.32 Å². The van der Waals surface area contributed by atoms with Crippen LogP contribution in [-0.2, 0) is 6.42 Å². The van der Waals surface area contributed by atoms with Crippen molar-refractivity contribution in [3.8, 4) is 0 Å². The van der Waals surface area contributed by atoms with Crippen molar-refractivity contribution in [2.24, 2.45) is 0 Å². The fourth-order valence-electron chi connectivity index (χ4n) is 2.53. The molecule has 8 heteroatoms. The van der Waals surface area contributed by atoms with Gasteiger partial charge in [0.05, 0.1) is 20.8 Å². The third-order valence-electron chi connectivity index (χ3n) is 3.89. The summed E-state index contributed by atoms with van der Waals surface area (Å²) in [6, 6.07) is 11.4. The summed E-state index contributed by atoms with van der Waals surface area (Å²) in [6.45, 7) is 2.18. The second-order valence-corrected chi connectivity index (χ2v) is 8.72. The number of rotatable bonds is 5. The van der Waals surface area contributed by atoms with Crippen molar-refractivity contribution in [1.29, 1.82) is 0 Å². The van der Waals surface area contributed by atoms with Crippen molar-refractivity contribution in [2.45, 2.75) is 26.2 Å². The number of fused-ring (bicyclic) bond motifs is 1. The van der Waals surface area contributed by atoms with Crippen LogP contribution in [0.5, 0.6) is 0 Å². The number of carbonyl (C=O) groups is 1. The molecule has 0 aliphatic rings. The van der Waals surface area contributed by atoms with Crippen molar-refractivity contribution in [3.63, 3.8) is 0 Å². The summed E-state index contributed by atoms with van der Waals surface area (Å²) in [5.74, 6) is -0.373. The number of hydrogen-bond donors (Lipinski definition) is 2. The Kier molecular flexibility index (Phi) is 6.81. The number of aromatic nitrogens is 1. The molecule has 0 spiro atoms. The lowest BCUT2D eigenvalue weighted by atomic mass is 10.1. The van der Waals surface area contributed by atoms with Gasteiger partial charge >= 0.3 is 0 Å². The molecule has 27 heavy (non-hydrogen) atoms. The maximum atomic E-state index is 12.4. The molecule has 0 radical (unpaired) electrons. The summed E-state index contributed by atoms with van der Waals surface area (Å²) in [4.78, 5) is 16.9. The Morgan fingerprint density at radius 1 is 1.30 bits per heavy atom. The molecule has 0 aliphatic carbocycles. The van der Waals surface area contributed by atoms with Crippen LogP contribution in [0.2, 0.25) is 5.02 Å². The Morgan fingerprint density at radius 2 is 2.11 bits per heavy atom. The molecule has 0 aliphatic heterocycles. The normalized spacial score (nSPS) is 10.8. The summed E-state index contributed by atoms with van der Waals surface area (Å²) in [7, 11) is 0. The van der Waals surface area contributed by atoms with Crippen LogP contribution in [0.4, 0.5) is 5.13 Å². The largest absolute Gasteiger partial charge is 0.308 e. The third-order valence-corrected chi connectivity index (χ3v) is 5.85. The van der Waals surface area contributed by atoms with Crippen molar-refractivity contribution in [2.75, 3.05) is 5.32 Å². The number of carbonyl (C=O) groups excluding carboxylic acids is 1. The Bertz CT molecular complexity index is 1010. The fraction of sp³-hybridized carbons (Fsp3) is 0.211. The molecule has 1 amide bonds. The Labute approximate surface area is 180 Å². The number of halogens is 2. The van der Waals surface area contributed by atoms with E-state index in [1.54, 1.807) is 18.2 Å². The molecule has 4 nitrogen and oxygen atoms in total. The molecular formula is C19H17BrClN3OS2. The lowest BCUT2D eigenvalue weighted by Gasteiger charge is -2.08. The molecule has 0 saturated carbocycles. The van der Waals surface area contributed by atoms with E-state index in [-0.39, 0.29) is 11.0 Å². The van der Waals surface area contributed by atoms with E-state index in [0.717, 1.165) is 21.1 Å². The van der Waals surface area contributed by atoms with Crippen LogP contribution in [0.15, 0.2) is 40.9 Å². The third kappa shape index (κ3) is 5.25. The van der Waals surface area contributed by atoms with Crippen LogP contribution < -0.4 is 10.6 Å². The highest BCUT2D eigenvalue weighted by Gasteiger charge is 2.13. The number of aryl methyl sites for hydroxylation is 1. The van der Waals surface area contributed by atoms with Crippen molar-refractivity contribution >= 4 is 77.5 Å². The molecule has 1 heterocycles. The zero-order valence-electron chi connectivity index (χ0n) is 14.5. The van der Waals surface area contributed by atoms with E-state index >= 15 is 0 Å². The van der Waals surface area contributed by atoms with E-state index in [9.17, 15) is 4.79 Å². The molecule has 0 fully saturated rings. The van der Waals surface area contributed by atoms with Gasteiger partial charge in [-0.3, -0.25) is 10.1 Å². The Morgan fingerprint density at radius 3 is 2.89 bits per heavy atom. The van der Waals surface area contributed by atoms with Gasteiger partial charge in [0.2, 0.25) is 0 Å². The number of benzene rings is 2. The van der Waals surface area contributed by atoms with Crippen LogP contribution in [0.1, 0.15) is 35.7 Å². The molecule has 3 aromatic rings. The first-order chi connectivity index (χ1) is 13.0. The van der Waals surface area contributed by atoms with Crippen LogP contribution in [0, 0.1) is 0 Å². The van der Waals surface area contributed by atoms with Gasteiger partial charge in [-0.25, -0.2) is 4.98 Å². The predicted octanol–water partition coefficient (Wildman–Crippen LogP) is 6.18.